The van der Waals surface area contributed by atoms with Crippen LogP contribution in [0.3, 0.4) is 0 Å². The van der Waals surface area contributed by atoms with E-state index in [0.717, 1.165) is 23.9 Å². The Labute approximate surface area is 119 Å². The number of rotatable bonds is 2. The quantitative estimate of drug-likeness (QED) is 0.754. The molecule has 0 N–H and O–H groups in total. The highest BCUT2D eigenvalue weighted by Gasteiger charge is 2.37. The molecule has 3 aliphatic rings. The van der Waals surface area contributed by atoms with Crippen LogP contribution in [-0.4, -0.2) is 48.1 Å². The van der Waals surface area contributed by atoms with Crippen molar-refractivity contribution in [3.05, 3.63) is 0 Å². The van der Waals surface area contributed by atoms with E-state index >= 15 is 0 Å². The maximum Gasteiger partial charge on any atom is 0.0223 e. The van der Waals surface area contributed by atoms with Crippen molar-refractivity contribution in [1.29, 1.82) is 0 Å². The summed E-state index contributed by atoms with van der Waals surface area (Å²) in [7, 11) is 0. The number of hydrogen-bond donors (Lipinski definition) is 0. The number of nitrogens with zero attached hydrogens (tertiary/aromatic N) is 2. The van der Waals surface area contributed by atoms with E-state index in [4.69, 9.17) is 0 Å². The maximum atomic E-state index is 2.89. The SMILES string of the molecule is CCC1CCC(N2CCCN3CCCCC3C2)C1C. The van der Waals surface area contributed by atoms with Crippen LogP contribution in [0.4, 0.5) is 0 Å². The Morgan fingerprint density at radius 3 is 2.47 bits per heavy atom. The van der Waals surface area contributed by atoms with Gasteiger partial charge in [0.05, 0.1) is 0 Å². The van der Waals surface area contributed by atoms with Crippen molar-refractivity contribution >= 4 is 0 Å². The van der Waals surface area contributed by atoms with Crippen LogP contribution in [0, 0.1) is 11.8 Å². The van der Waals surface area contributed by atoms with Gasteiger partial charge in [-0.25, -0.2) is 0 Å². The molecule has 3 fully saturated rings. The van der Waals surface area contributed by atoms with E-state index in [1.165, 1.54) is 71.1 Å². The first-order valence-electron chi connectivity index (χ1n) is 8.77. The van der Waals surface area contributed by atoms with Crippen molar-refractivity contribution in [2.24, 2.45) is 11.8 Å². The Hall–Kier alpha value is -0.0800. The maximum absolute atomic E-state index is 2.89. The summed E-state index contributed by atoms with van der Waals surface area (Å²) in [6.07, 6.45) is 10.1. The monoisotopic (exact) mass is 264 g/mol. The highest BCUT2D eigenvalue weighted by Crippen LogP contribution is 2.38. The Morgan fingerprint density at radius 2 is 1.68 bits per heavy atom. The molecule has 4 unspecified atom stereocenters. The van der Waals surface area contributed by atoms with Crippen molar-refractivity contribution in [2.75, 3.05) is 26.2 Å². The van der Waals surface area contributed by atoms with Gasteiger partial charge in [-0.1, -0.05) is 26.7 Å². The standard InChI is InChI=1S/C17H32N2/c1-3-15-8-9-17(14(15)2)19-12-6-11-18-10-5-4-7-16(18)13-19/h14-17H,3-13H2,1-2H3. The van der Waals surface area contributed by atoms with Crippen LogP contribution < -0.4 is 0 Å². The summed E-state index contributed by atoms with van der Waals surface area (Å²) in [5.41, 5.74) is 0. The van der Waals surface area contributed by atoms with Crippen LogP contribution in [-0.2, 0) is 0 Å². The summed E-state index contributed by atoms with van der Waals surface area (Å²) in [6.45, 7) is 10.4. The summed E-state index contributed by atoms with van der Waals surface area (Å²) < 4.78 is 0. The Morgan fingerprint density at radius 1 is 0.895 bits per heavy atom. The minimum Gasteiger partial charge on any atom is -0.299 e. The lowest BCUT2D eigenvalue weighted by molar-refractivity contribution is 0.105. The topological polar surface area (TPSA) is 6.48 Å². The zero-order chi connectivity index (χ0) is 13.2. The molecule has 1 saturated carbocycles. The van der Waals surface area contributed by atoms with Gasteiger partial charge in [-0.15, -0.1) is 0 Å². The first-order valence-corrected chi connectivity index (χ1v) is 8.77. The van der Waals surface area contributed by atoms with E-state index in [0.29, 0.717) is 0 Å². The van der Waals surface area contributed by atoms with Gasteiger partial charge in [0.1, 0.15) is 0 Å². The normalized spacial score (nSPS) is 42.0. The van der Waals surface area contributed by atoms with Gasteiger partial charge in [-0.2, -0.15) is 0 Å². The average Bonchev–Trinajstić information content (AvgIpc) is 2.68. The second kappa shape index (κ2) is 6.13. The molecule has 2 nitrogen and oxygen atoms in total. The summed E-state index contributed by atoms with van der Waals surface area (Å²) >= 11 is 0. The van der Waals surface area contributed by atoms with Gasteiger partial charge in [-0.3, -0.25) is 9.80 Å². The largest absolute Gasteiger partial charge is 0.299 e. The molecule has 0 radical (unpaired) electrons. The molecule has 2 heteroatoms. The molecule has 0 amide bonds. The van der Waals surface area contributed by atoms with E-state index < -0.39 is 0 Å². The highest BCUT2D eigenvalue weighted by atomic mass is 15.3. The molecule has 2 saturated heterocycles. The number of hydrogen-bond acceptors (Lipinski definition) is 2. The van der Waals surface area contributed by atoms with Gasteiger partial charge < -0.3 is 0 Å². The molecule has 0 spiro atoms. The highest BCUT2D eigenvalue weighted by molar-refractivity contribution is 4.92. The van der Waals surface area contributed by atoms with Crippen molar-refractivity contribution in [2.45, 2.75) is 70.9 Å². The second-order valence-electron chi connectivity index (χ2n) is 7.21. The fraction of sp³-hybridized carbons (Fsp3) is 1.00. The summed E-state index contributed by atoms with van der Waals surface area (Å²) in [6, 6.07) is 1.77. The minimum atomic E-state index is 0.879. The zero-order valence-electron chi connectivity index (χ0n) is 13.0. The zero-order valence-corrected chi connectivity index (χ0v) is 13.0. The first kappa shape index (κ1) is 13.9. The summed E-state index contributed by atoms with van der Waals surface area (Å²) in [5, 5.41) is 0. The lowest BCUT2D eigenvalue weighted by Crippen LogP contribution is -2.47. The fourth-order valence-electron chi connectivity index (χ4n) is 5.02. The Bertz CT molecular complexity index is 291. The predicted molar refractivity (Wildman–Crippen MR) is 81.4 cm³/mol. The molecule has 110 valence electrons. The lowest BCUT2D eigenvalue weighted by Gasteiger charge is -2.38. The first-order chi connectivity index (χ1) is 9.29. The predicted octanol–water partition coefficient (Wildman–Crippen LogP) is 3.37. The lowest BCUT2D eigenvalue weighted by atomic mass is 9.92. The van der Waals surface area contributed by atoms with Gasteiger partial charge in [-0.05, 0) is 63.6 Å². The van der Waals surface area contributed by atoms with E-state index in [-0.39, 0.29) is 0 Å². The molecule has 3 rings (SSSR count). The van der Waals surface area contributed by atoms with E-state index in [1.54, 1.807) is 0 Å². The van der Waals surface area contributed by atoms with Crippen LogP contribution in [0.1, 0.15) is 58.8 Å². The van der Waals surface area contributed by atoms with Crippen molar-refractivity contribution in [3.63, 3.8) is 0 Å². The smallest absolute Gasteiger partial charge is 0.0223 e. The molecule has 0 bridgehead atoms. The van der Waals surface area contributed by atoms with E-state index in [2.05, 4.69) is 23.6 Å². The van der Waals surface area contributed by atoms with Crippen LogP contribution in [0.2, 0.25) is 0 Å². The van der Waals surface area contributed by atoms with Crippen LogP contribution in [0.25, 0.3) is 0 Å². The van der Waals surface area contributed by atoms with Crippen LogP contribution in [0.5, 0.6) is 0 Å². The molecule has 0 aromatic heterocycles. The molecule has 2 heterocycles. The number of fused-ring (bicyclic) bond motifs is 1. The Kier molecular flexibility index (Phi) is 4.48. The summed E-state index contributed by atoms with van der Waals surface area (Å²) in [4.78, 5) is 5.68. The van der Waals surface area contributed by atoms with Gasteiger partial charge in [0.2, 0.25) is 0 Å². The molecule has 0 aromatic carbocycles. The summed E-state index contributed by atoms with van der Waals surface area (Å²) in [5.74, 6) is 1.93. The number of piperidine rings is 1. The molecule has 1 aliphatic carbocycles. The van der Waals surface area contributed by atoms with Gasteiger partial charge >= 0.3 is 0 Å². The molecule has 4 atom stereocenters. The Balaban J connectivity index is 1.64. The van der Waals surface area contributed by atoms with Gasteiger partial charge in [0.15, 0.2) is 0 Å². The van der Waals surface area contributed by atoms with Crippen molar-refractivity contribution in [1.82, 2.24) is 9.80 Å². The fourth-order valence-corrected chi connectivity index (χ4v) is 5.02. The molecule has 2 aliphatic heterocycles. The molecule has 0 aromatic rings. The second-order valence-corrected chi connectivity index (χ2v) is 7.21. The molecule has 19 heavy (non-hydrogen) atoms. The third-order valence-electron chi connectivity index (χ3n) is 6.26. The third kappa shape index (κ3) is 2.85. The van der Waals surface area contributed by atoms with Crippen LogP contribution >= 0.6 is 0 Å². The van der Waals surface area contributed by atoms with Crippen molar-refractivity contribution < 1.29 is 0 Å². The van der Waals surface area contributed by atoms with Gasteiger partial charge in [0.25, 0.3) is 0 Å². The van der Waals surface area contributed by atoms with Crippen LogP contribution in [0.15, 0.2) is 0 Å². The molecular formula is C17H32N2. The van der Waals surface area contributed by atoms with E-state index in [1.807, 2.05) is 0 Å². The average molecular weight is 264 g/mol. The van der Waals surface area contributed by atoms with Crippen molar-refractivity contribution in [3.8, 4) is 0 Å². The van der Waals surface area contributed by atoms with Gasteiger partial charge in [0, 0.05) is 18.6 Å². The van der Waals surface area contributed by atoms with E-state index in [9.17, 15) is 0 Å². The molecular weight excluding hydrogens is 232 g/mol. The third-order valence-corrected chi connectivity index (χ3v) is 6.26. The minimum absolute atomic E-state index is 0.879.